The summed E-state index contributed by atoms with van der Waals surface area (Å²) < 4.78 is 44.3. The number of aromatic nitrogens is 3. The molecule has 1 aromatic carbocycles. The standard InChI is InChI=1S/C20H16ClF3N4O2/c1-30-15-4-2-12-6-7-27(11-13(12)8-15)16-10-26-28(19(29)18(16)21)17-5-3-14(9-25-17)20(22,23)24/h2-5,8-10H,6-7,11H2,1H3. The lowest BCUT2D eigenvalue weighted by Gasteiger charge is -2.31. The molecule has 3 heterocycles. The summed E-state index contributed by atoms with van der Waals surface area (Å²) in [4.78, 5) is 18.4. The monoisotopic (exact) mass is 436 g/mol. The lowest BCUT2D eigenvalue weighted by atomic mass is 9.99. The zero-order valence-corrected chi connectivity index (χ0v) is 16.5. The van der Waals surface area contributed by atoms with E-state index >= 15 is 0 Å². The van der Waals surface area contributed by atoms with Crippen molar-refractivity contribution in [1.82, 2.24) is 14.8 Å². The van der Waals surface area contributed by atoms with Crippen molar-refractivity contribution in [1.29, 1.82) is 0 Å². The quantitative estimate of drug-likeness (QED) is 0.623. The van der Waals surface area contributed by atoms with Gasteiger partial charge >= 0.3 is 6.18 Å². The Hall–Kier alpha value is -3.07. The SMILES string of the molecule is COc1ccc2c(c1)CN(c1cnn(-c3ccc(C(F)(F)F)cn3)c(=O)c1Cl)CC2. The number of methoxy groups -OCH3 is 1. The Balaban J connectivity index is 1.64. The molecule has 0 unspecified atom stereocenters. The molecular formula is C20H16ClF3N4O2. The van der Waals surface area contributed by atoms with Crippen LogP contribution in [0.2, 0.25) is 5.02 Å². The second kappa shape index (κ2) is 7.64. The van der Waals surface area contributed by atoms with E-state index in [1.54, 1.807) is 7.11 Å². The number of halogens is 4. The molecule has 3 aromatic rings. The first kappa shape index (κ1) is 20.2. The molecule has 0 aliphatic carbocycles. The van der Waals surface area contributed by atoms with Gasteiger partial charge in [0.2, 0.25) is 0 Å². The highest BCUT2D eigenvalue weighted by Gasteiger charge is 2.31. The van der Waals surface area contributed by atoms with Gasteiger partial charge in [-0.2, -0.15) is 23.0 Å². The summed E-state index contributed by atoms with van der Waals surface area (Å²) in [6.45, 7) is 1.17. The molecule has 0 bridgehead atoms. The minimum Gasteiger partial charge on any atom is -0.497 e. The van der Waals surface area contributed by atoms with Gasteiger partial charge in [-0.3, -0.25) is 4.79 Å². The fourth-order valence-corrected chi connectivity index (χ4v) is 3.60. The average molecular weight is 437 g/mol. The van der Waals surface area contributed by atoms with E-state index in [1.807, 2.05) is 23.1 Å². The Kier molecular flexibility index (Phi) is 5.15. The molecule has 0 radical (unpaired) electrons. The summed E-state index contributed by atoms with van der Waals surface area (Å²) in [7, 11) is 1.60. The maximum atomic E-state index is 12.7. The molecule has 2 aromatic heterocycles. The largest absolute Gasteiger partial charge is 0.497 e. The third kappa shape index (κ3) is 3.72. The lowest BCUT2D eigenvalue weighted by molar-refractivity contribution is -0.137. The molecule has 1 aliphatic heterocycles. The first-order valence-corrected chi connectivity index (χ1v) is 9.38. The molecule has 4 rings (SSSR count). The van der Waals surface area contributed by atoms with E-state index in [0.717, 1.165) is 34.5 Å². The predicted molar refractivity (Wildman–Crippen MR) is 105 cm³/mol. The van der Waals surface area contributed by atoms with Gasteiger partial charge in [-0.05, 0) is 41.8 Å². The van der Waals surface area contributed by atoms with Crippen molar-refractivity contribution >= 4 is 17.3 Å². The van der Waals surface area contributed by atoms with Crippen molar-refractivity contribution in [2.75, 3.05) is 18.6 Å². The first-order chi connectivity index (χ1) is 14.3. The summed E-state index contributed by atoms with van der Waals surface area (Å²) >= 11 is 6.32. The van der Waals surface area contributed by atoms with Gasteiger partial charge in [-0.15, -0.1) is 0 Å². The fourth-order valence-electron chi connectivity index (χ4n) is 3.35. The molecule has 30 heavy (non-hydrogen) atoms. The van der Waals surface area contributed by atoms with Gasteiger partial charge < -0.3 is 9.64 Å². The van der Waals surface area contributed by atoms with E-state index in [2.05, 4.69) is 10.1 Å². The number of hydrogen-bond acceptors (Lipinski definition) is 5. The number of ether oxygens (including phenoxy) is 1. The topological polar surface area (TPSA) is 60.2 Å². The molecule has 0 saturated heterocycles. The van der Waals surface area contributed by atoms with E-state index in [0.29, 0.717) is 25.0 Å². The smallest absolute Gasteiger partial charge is 0.417 e. The Morgan fingerprint density at radius 1 is 1.13 bits per heavy atom. The molecule has 6 nitrogen and oxygen atoms in total. The number of nitrogens with zero attached hydrogens (tertiary/aromatic N) is 4. The van der Waals surface area contributed by atoms with Crippen LogP contribution in [0.3, 0.4) is 0 Å². The molecule has 0 fully saturated rings. The van der Waals surface area contributed by atoms with Gasteiger partial charge in [0.25, 0.3) is 5.56 Å². The predicted octanol–water partition coefficient (Wildman–Crippen LogP) is 3.87. The minimum absolute atomic E-state index is 0.0461. The number of benzene rings is 1. The Bertz CT molecular complexity index is 1150. The lowest BCUT2D eigenvalue weighted by Crippen LogP contribution is -2.33. The van der Waals surface area contributed by atoms with Crippen LogP contribution in [0.15, 0.2) is 47.5 Å². The first-order valence-electron chi connectivity index (χ1n) is 9.00. The van der Waals surface area contributed by atoms with Crippen LogP contribution in [0.5, 0.6) is 5.75 Å². The summed E-state index contributed by atoms with van der Waals surface area (Å²) in [6, 6.07) is 7.78. The van der Waals surface area contributed by atoms with E-state index in [4.69, 9.17) is 16.3 Å². The van der Waals surface area contributed by atoms with Crippen LogP contribution in [0.4, 0.5) is 18.9 Å². The minimum atomic E-state index is -4.52. The molecule has 0 atom stereocenters. The van der Waals surface area contributed by atoms with Crippen LogP contribution in [0.1, 0.15) is 16.7 Å². The van der Waals surface area contributed by atoms with Crippen molar-refractivity contribution in [3.8, 4) is 11.6 Å². The van der Waals surface area contributed by atoms with E-state index in [1.165, 1.54) is 11.8 Å². The number of hydrogen-bond donors (Lipinski definition) is 0. The van der Waals surface area contributed by atoms with Crippen LogP contribution in [-0.4, -0.2) is 28.4 Å². The van der Waals surface area contributed by atoms with Crippen LogP contribution < -0.4 is 15.2 Å². The van der Waals surface area contributed by atoms with E-state index in [-0.39, 0.29) is 10.8 Å². The number of alkyl halides is 3. The van der Waals surface area contributed by atoms with Crippen LogP contribution >= 0.6 is 11.6 Å². The Morgan fingerprint density at radius 2 is 1.93 bits per heavy atom. The Labute approximate surface area is 174 Å². The zero-order chi connectivity index (χ0) is 21.5. The third-order valence-corrected chi connectivity index (χ3v) is 5.31. The normalized spacial score (nSPS) is 13.8. The van der Waals surface area contributed by atoms with Gasteiger partial charge in [0, 0.05) is 19.3 Å². The number of anilines is 1. The molecular weight excluding hydrogens is 421 g/mol. The van der Waals surface area contributed by atoms with Gasteiger partial charge in [0.05, 0.1) is 24.6 Å². The highest BCUT2D eigenvalue weighted by atomic mass is 35.5. The van der Waals surface area contributed by atoms with Gasteiger partial charge in [-0.25, -0.2) is 4.98 Å². The maximum absolute atomic E-state index is 12.7. The molecule has 156 valence electrons. The molecule has 0 saturated carbocycles. The number of pyridine rings is 1. The van der Waals surface area contributed by atoms with Gasteiger partial charge in [0.1, 0.15) is 10.8 Å². The summed E-state index contributed by atoms with van der Waals surface area (Å²) in [5.74, 6) is 0.693. The Morgan fingerprint density at radius 3 is 2.60 bits per heavy atom. The van der Waals surface area contributed by atoms with Crippen LogP contribution in [0.25, 0.3) is 5.82 Å². The van der Waals surface area contributed by atoms with Crippen molar-refractivity contribution in [3.05, 3.63) is 74.8 Å². The fraction of sp³-hybridized carbons (Fsp3) is 0.250. The van der Waals surface area contributed by atoms with E-state index in [9.17, 15) is 18.0 Å². The highest BCUT2D eigenvalue weighted by molar-refractivity contribution is 6.33. The maximum Gasteiger partial charge on any atom is 0.417 e. The molecule has 1 aliphatic rings. The van der Waals surface area contributed by atoms with Crippen LogP contribution in [0, 0.1) is 0 Å². The summed E-state index contributed by atoms with van der Waals surface area (Å²) in [6.07, 6.45) is -1.67. The molecule has 0 spiro atoms. The third-order valence-electron chi connectivity index (χ3n) is 4.96. The number of rotatable bonds is 3. The molecule has 0 N–H and O–H groups in total. The molecule has 10 heteroatoms. The second-order valence-electron chi connectivity index (χ2n) is 6.77. The number of fused-ring (bicyclic) bond motifs is 1. The van der Waals surface area contributed by atoms with Crippen LogP contribution in [-0.2, 0) is 19.1 Å². The van der Waals surface area contributed by atoms with Crippen molar-refractivity contribution in [2.45, 2.75) is 19.1 Å². The molecule has 0 amide bonds. The van der Waals surface area contributed by atoms with Crippen molar-refractivity contribution in [2.24, 2.45) is 0 Å². The average Bonchev–Trinajstić information content (AvgIpc) is 2.74. The summed E-state index contributed by atoms with van der Waals surface area (Å²) in [5.41, 5.74) is 1.14. The van der Waals surface area contributed by atoms with Crippen molar-refractivity contribution < 1.29 is 17.9 Å². The van der Waals surface area contributed by atoms with Gasteiger partial charge in [-0.1, -0.05) is 17.7 Å². The second-order valence-corrected chi connectivity index (χ2v) is 7.15. The van der Waals surface area contributed by atoms with E-state index < -0.39 is 17.3 Å². The van der Waals surface area contributed by atoms with Gasteiger partial charge in [0.15, 0.2) is 5.82 Å². The highest BCUT2D eigenvalue weighted by Crippen LogP contribution is 2.31. The van der Waals surface area contributed by atoms with Crippen molar-refractivity contribution in [3.63, 3.8) is 0 Å². The zero-order valence-electron chi connectivity index (χ0n) is 15.8. The summed E-state index contributed by atoms with van der Waals surface area (Å²) in [5, 5.41) is 4.00.